The van der Waals surface area contributed by atoms with Crippen molar-refractivity contribution < 1.29 is 9.59 Å². The number of nitrogens with zero attached hydrogens (tertiary/aromatic N) is 2. The van der Waals surface area contributed by atoms with E-state index in [1.165, 1.54) is 23.1 Å². The first-order chi connectivity index (χ1) is 11.5. The molecule has 1 atom stereocenters. The Morgan fingerprint density at radius 3 is 2.75 bits per heavy atom. The maximum absolute atomic E-state index is 12.2. The van der Waals surface area contributed by atoms with Crippen LogP contribution >= 0.6 is 23.1 Å². The second-order valence-corrected chi connectivity index (χ2v) is 7.80. The lowest BCUT2D eigenvalue weighted by Gasteiger charge is -2.11. The number of carbonyl (C=O) groups excluding carboxylic acids is 2. The van der Waals surface area contributed by atoms with Crippen molar-refractivity contribution in [2.45, 2.75) is 43.8 Å². The summed E-state index contributed by atoms with van der Waals surface area (Å²) in [6.45, 7) is 5.63. The van der Waals surface area contributed by atoms with E-state index < -0.39 is 0 Å². The van der Waals surface area contributed by atoms with Crippen molar-refractivity contribution in [2.75, 3.05) is 10.6 Å². The van der Waals surface area contributed by atoms with Gasteiger partial charge in [0.05, 0.1) is 5.25 Å². The molecule has 24 heavy (non-hydrogen) atoms. The predicted molar refractivity (Wildman–Crippen MR) is 98.6 cm³/mol. The van der Waals surface area contributed by atoms with Crippen LogP contribution in [0.3, 0.4) is 0 Å². The standard InChI is InChI=1S/C16H20N4O2S2/c1-4-6-14(21)17-12-7-5-8-13(9-12)23-10(2)15(22)18-16-20-19-11(3)24-16/h5,7-10H,4,6H2,1-3H3,(H,17,21)(H,18,20,22). The molecule has 2 rings (SSSR count). The first-order valence-corrected chi connectivity index (χ1v) is 9.35. The van der Waals surface area contributed by atoms with Crippen LogP contribution in [0, 0.1) is 6.92 Å². The Morgan fingerprint density at radius 2 is 2.08 bits per heavy atom. The number of aromatic nitrogens is 2. The van der Waals surface area contributed by atoms with Gasteiger partial charge in [0.1, 0.15) is 5.01 Å². The van der Waals surface area contributed by atoms with Crippen LogP contribution in [-0.4, -0.2) is 27.3 Å². The Hall–Kier alpha value is -1.93. The molecule has 0 saturated carbocycles. The van der Waals surface area contributed by atoms with Gasteiger partial charge in [-0.3, -0.25) is 14.9 Å². The summed E-state index contributed by atoms with van der Waals surface area (Å²) in [4.78, 5) is 24.8. The van der Waals surface area contributed by atoms with Gasteiger partial charge >= 0.3 is 0 Å². The van der Waals surface area contributed by atoms with Gasteiger partial charge in [-0.2, -0.15) is 0 Å². The van der Waals surface area contributed by atoms with E-state index in [1.54, 1.807) is 0 Å². The lowest BCUT2D eigenvalue weighted by Crippen LogP contribution is -2.22. The highest BCUT2D eigenvalue weighted by Crippen LogP contribution is 2.27. The fourth-order valence-corrected chi connectivity index (χ4v) is 3.43. The molecule has 2 amide bonds. The smallest absolute Gasteiger partial charge is 0.239 e. The molecule has 128 valence electrons. The van der Waals surface area contributed by atoms with Crippen molar-refractivity contribution in [3.63, 3.8) is 0 Å². The van der Waals surface area contributed by atoms with Gasteiger partial charge in [-0.1, -0.05) is 24.3 Å². The van der Waals surface area contributed by atoms with Gasteiger partial charge in [-0.25, -0.2) is 0 Å². The number of aryl methyl sites for hydroxylation is 1. The summed E-state index contributed by atoms with van der Waals surface area (Å²) in [5, 5.41) is 14.4. The van der Waals surface area contributed by atoms with E-state index in [-0.39, 0.29) is 17.1 Å². The summed E-state index contributed by atoms with van der Waals surface area (Å²) in [5.74, 6) is -0.131. The normalized spacial score (nSPS) is 11.8. The number of rotatable bonds is 7. The van der Waals surface area contributed by atoms with Crippen LogP contribution in [0.4, 0.5) is 10.8 Å². The van der Waals surface area contributed by atoms with Gasteiger partial charge in [0.2, 0.25) is 16.9 Å². The van der Waals surface area contributed by atoms with Gasteiger partial charge in [0.15, 0.2) is 0 Å². The number of anilines is 2. The van der Waals surface area contributed by atoms with Gasteiger partial charge in [-0.15, -0.1) is 22.0 Å². The minimum absolute atomic E-state index is 0.00270. The molecular formula is C16H20N4O2S2. The quantitative estimate of drug-likeness (QED) is 0.732. The highest BCUT2D eigenvalue weighted by atomic mass is 32.2. The Balaban J connectivity index is 1.94. The van der Waals surface area contributed by atoms with Crippen LogP contribution in [0.25, 0.3) is 0 Å². The molecule has 0 aliphatic carbocycles. The summed E-state index contributed by atoms with van der Waals surface area (Å²) in [6, 6.07) is 7.49. The SMILES string of the molecule is CCCC(=O)Nc1cccc(SC(C)C(=O)Nc2nnc(C)s2)c1. The zero-order valence-electron chi connectivity index (χ0n) is 13.8. The Bertz CT molecular complexity index is 718. The van der Waals surface area contributed by atoms with Crippen LogP contribution in [0.1, 0.15) is 31.7 Å². The molecule has 8 heteroatoms. The molecule has 1 aromatic heterocycles. The monoisotopic (exact) mass is 364 g/mol. The molecule has 0 radical (unpaired) electrons. The molecule has 1 unspecified atom stereocenters. The van der Waals surface area contributed by atoms with Gasteiger partial charge in [0.25, 0.3) is 0 Å². The van der Waals surface area contributed by atoms with Crippen molar-refractivity contribution >= 4 is 45.7 Å². The summed E-state index contributed by atoms with van der Waals surface area (Å²) < 4.78 is 0. The van der Waals surface area contributed by atoms with Gasteiger partial charge in [-0.05, 0) is 38.5 Å². The zero-order chi connectivity index (χ0) is 17.5. The molecule has 0 bridgehead atoms. The van der Waals surface area contributed by atoms with E-state index in [1.807, 2.05) is 45.0 Å². The third-order valence-corrected chi connectivity index (χ3v) is 4.88. The van der Waals surface area contributed by atoms with Crippen LogP contribution in [0.2, 0.25) is 0 Å². The average Bonchev–Trinajstić information content (AvgIpc) is 2.92. The molecule has 6 nitrogen and oxygen atoms in total. The summed E-state index contributed by atoms with van der Waals surface area (Å²) in [7, 11) is 0. The number of nitrogens with one attached hydrogen (secondary N) is 2. The Labute approximate surface area is 149 Å². The number of hydrogen-bond acceptors (Lipinski definition) is 6. The summed E-state index contributed by atoms with van der Waals surface area (Å²) in [5.41, 5.74) is 0.741. The molecule has 2 aromatic rings. The molecule has 2 N–H and O–H groups in total. The summed E-state index contributed by atoms with van der Waals surface area (Å²) >= 11 is 2.77. The minimum Gasteiger partial charge on any atom is -0.326 e. The average molecular weight is 364 g/mol. The first kappa shape index (κ1) is 18.4. The topological polar surface area (TPSA) is 84.0 Å². The van der Waals surface area contributed by atoms with Gasteiger partial charge < -0.3 is 5.32 Å². The van der Waals surface area contributed by atoms with Crippen molar-refractivity contribution in [1.82, 2.24) is 10.2 Å². The van der Waals surface area contributed by atoms with E-state index in [0.29, 0.717) is 11.6 Å². The number of hydrogen-bond donors (Lipinski definition) is 2. The molecule has 0 saturated heterocycles. The largest absolute Gasteiger partial charge is 0.326 e. The highest BCUT2D eigenvalue weighted by molar-refractivity contribution is 8.00. The van der Waals surface area contributed by atoms with E-state index >= 15 is 0 Å². The van der Waals surface area contributed by atoms with E-state index in [4.69, 9.17) is 0 Å². The van der Waals surface area contributed by atoms with E-state index in [9.17, 15) is 9.59 Å². The van der Waals surface area contributed by atoms with E-state index in [0.717, 1.165) is 22.0 Å². The maximum Gasteiger partial charge on any atom is 0.239 e. The maximum atomic E-state index is 12.2. The van der Waals surface area contributed by atoms with Crippen LogP contribution in [-0.2, 0) is 9.59 Å². The molecular weight excluding hydrogens is 344 g/mol. The zero-order valence-corrected chi connectivity index (χ0v) is 15.5. The van der Waals surface area contributed by atoms with Crippen molar-refractivity contribution in [2.24, 2.45) is 0 Å². The van der Waals surface area contributed by atoms with E-state index in [2.05, 4.69) is 20.8 Å². The number of benzene rings is 1. The third kappa shape index (κ3) is 5.61. The Kier molecular flexibility index (Phi) is 6.74. The molecule has 0 aliphatic heterocycles. The minimum atomic E-state index is -0.296. The number of thioether (sulfide) groups is 1. The van der Waals surface area contributed by atoms with Crippen LogP contribution < -0.4 is 10.6 Å². The lowest BCUT2D eigenvalue weighted by molar-refractivity contribution is -0.116. The summed E-state index contributed by atoms with van der Waals surface area (Å²) in [6.07, 6.45) is 1.31. The molecule has 1 heterocycles. The number of amides is 2. The highest BCUT2D eigenvalue weighted by Gasteiger charge is 2.16. The van der Waals surface area contributed by atoms with Crippen LogP contribution in [0.5, 0.6) is 0 Å². The van der Waals surface area contributed by atoms with Gasteiger partial charge in [0, 0.05) is 17.0 Å². The third-order valence-electron chi connectivity index (χ3n) is 3.03. The first-order valence-electron chi connectivity index (χ1n) is 7.65. The lowest BCUT2D eigenvalue weighted by atomic mass is 10.3. The molecule has 1 aromatic carbocycles. The van der Waals surface area contributed by atoms with Crippen molar-refractivity contribution in [3.05, 3.63) is 29.3 Å². The molecule has 0 fully saturated rings. The van der Waals surface area contributed by atoms with Crippen LogP contribution in [0.15, 0.2) is 29.2 Å². The van der Waals surface area contributed by atoms with Crippen molar-refractivity contribution in [3.8, 4) is 0 Å². The number of carbonyl (C=O) groups is 2. The second-order valence-electron chi connectivity index (χ2n) is 5.20. The predicted octanol–water partition coefficient (Wildman–Crippen LogP) is 3.70. The molecule has 0 spiro atoms. The fraction of sp³-hybridized carbons (Fsp3) is 0.375. The molecule has 0 aliphatic rings. The second kappa shape index (κ2) is 8.79. The Morgan fingerprint density at radius 1 is 1.29 bits per heavy atom. The fourth-order valence-electron chi connectivity index (χ4n) is 1.91. The van der Waals surface area contributed by atoms with Crippen molar-refractivity contribution in [1.29, 1.82) is 0 Å².